The van der Waals surface area contributed by atoms with Crippen LogP contribution in [-0.4, -0.2) is 63.3 Å². The van der Waals surface area contributed by atoms with Gasteiger partial charge in [0.25, 0.3) is 0 Å². The molecule has 1 aromatic rings. The molecule has 34 heavy (non-hydrogen) atoms. The van der Waals surface area contributed by atoms with Gasteiger partial charge in [-0.25, -0.2) is 9.18 Å². The number of nitrogens with one attached hydrogen (secondary N) is 2. The Bertz CT molecular complexity index is 909. The summed E-state index contributed by atoms with van der Waals surface area (Å²) in [6, 6.07) is 4.35. The van der Waals surface area contributed by atoms with Gasteiger partial charge in [0.15, 0.2) is 5.11 Å². The van der Waals surface area contributed by atoms with E-state index < -0.39 is 11.9 Å². The summed E-state index contributed by atoms with van der Waals surface area (Å²) < 4.78 is 24.6. The van der Waals surface area contributed by atoms with Crippen LogP contribution in [0.15, 0.2) is 42.0 Å². The summed E-state index contributed by atoms with van der Waals surface area (Å²) in [4.78, 5) is 24.8. The van der Waals surface area contributed by atoms with E-state index in [0.717, 1.165) is 24.6 Å². The first-order chi connectivity index (χ1) is 16.3. The minimum atomic E-state index is -0.556. The largest absolute Gasteiger partial charge is 0.441 e. The number of halogens is 1. The molecule has 11 heteroatoms. The molecule has 2 rings (SSSR count). The Kier molecular flexibility index (Phi) is 13.1. The molecular formula is C23H32FN5O4S. The Morgan fingerprint density at radius 1 is 1.50 bits per heavy atom. The van der Waals surface area contributed by atoms with Crippen LogP contribution in [0.5, 0.6) is 0 Å². The third-order valence-corrected chi connectivity index (χ3v) is 4.75. The van der Waals surface area contributed by atoms with E-state index in [2.05, 4.69) is 5.32 Å². The molecule has 0 saturated carbocycles. The van der Waals surface area contributed by atoms with E-state index in [0.29, 0.717) is 18.8 Å². The Morgan fingerprint density at radius 3 is 2.76 bits per heavy atom. The van der Waals surface area contributed by atoms with Crippen molar-refractivity contribution in [1.29, 1.82) is 5.41 Å². The highest BCUT2D eigenvalue weighted by molar-refractivity contribution is 7.80. The number of methoxy groups -OCH3 is 1. The summed E-state index contributed by atoms with van der Waals surface area (Å²) in [5.41, 5.74) is 6.68. The highest BCUT2D eigenvalue weighted by Crippen LogP contribution is 2.27. The summed E-state index contributed by atoms with van der Waals surface area (Å²) in [5, 5.41) is 10.3. The molecule has 1 fully saturated rings. The monoisotopic (exact) mass is 493 g/mol. The third kappa shape index (κ3) is 9.28. The molecule has 0 aliphatic carbocycles. The molecule has 0 spiro atoms. The number of amides is 1. The molecule has 1 aliphatic heterocycles. The van der Waals surface area contributed by atoms with Gasteiger partial charge in [-0.1, -0.05) is 25.2 Å². The molecule has 1 aromatic carbocycles. The average molecular weight is 494 g/mol. The minimum Gasteiger partial charge on any atom is -0.441 e. The first-order valence-electron chi connectivity index (χ1n) is 10.7. The smallest absolute Gasteiger partial charge is 0.414 e. The van der Waals surface area contributed by atoms with Crippen LogP contribution in [0.1, 0.15) is 20.3 Å². The SMILES string of the molecule is C/C=C(C=O)\C=C/CC.COCC1CN(c2ccc(N(C=N)CCNC(N)=S)c(F)c2)C(=O)O1. The van der Waals surface area contributed by atoms with Crippen LogP contribution in [0.25, 0.3) is 0 Å². The highest BCUT2D eigenvalue weighted by Gasteiger charge is 2.32. The van der Waals surface area contributed by atoms with Crippen molar-refractivity contribution in [1.82, 2.24) is 5.32 Å². The van der Waals surface area contributed by atoms with Crippen LogP contribution in [0.3, 0.4) is 0 Å². The lowest BCUT2D eigenvalue weighted by Crippen LogP contribution is -2.37. The molecule has 1 aliphatic rings. The Labute approximate surface area is 204 Å². The van der Waals surface area contributed by atoms with Crippen LogP contribution in [0, 0.1) is 11.2 Å². The first kappa shape index (κ1) is 28.7. The lowest BCUT2D eigenvalue weighted by molar-refractivity contribution is -0.104. The van der Waals surface area contributed by atoms with E-state index in [-0.39, 0.29) is 30.1 Å². The number of benzene rings is 1. The van der Waals surface area contributed by atoms with E-state index in [9.17, 15) is 14.0 Å². The average Bonchev–Trinajstić information content (AvgIpc) is 3.18. The number of cyclic esters (lactones) is 1. The number of carbonyl (C=O) groups excluding carboxylic acids is 2. The molecule has 4 N–H and O–H groups in total. The zero-order chi connectivity index (χ0) is 25.5. The normalized spacial score (nSPS) is 15.4. The highest BCUT2D eigenvalue weighted by atomic mass is 32.1. The number of hydrogen-bond acceptors (Lipinski definition) is 6. The lowest BCUT2D eigenvalue weighted by Gasteiger charge is -2.21. The van der Waals surface area contributed by atoms with E-state index in [1.807, 2.05) is 26.0 Å². The van der Waals surface area contributed by atoms with E-state index in [1.54, 1.807) is 12.1 Å². The van der Waals surface area contributed by atoms with Gasteiger partial charge in [0.05, 0.1) is 30.9 Å². The summed E-state index contributed by atoms with van der Waals surface area (Å²) in [7, 11) is 1.52. The molecule has 1 saturated heterocycles. The summed E-state index contributed by atoms with van der Waals surface area (Å²) >= 11 is 4.70. The topological polar surface area (TPSA) is 121 Å². The van der Waals surface area contributed by atoms with Crippen LogP contribution in [-0.2, 0) is 14.3 Å². The van der Waals surface area contributed by atoms with Gasteiger partial charge in [-0.05, 0) is 43.8 Å². The maximum Gasteiger partial charge on any atom is 0.414 e. The number of anilines is 2. The minimum absolute atomic E-state index is 0.138. The number of allylic oxidation sites excluding steroid dienone is 4. The molecular weight excluding hydrogens is 461 g/mol. The molecule has 1 atom stereocenters. The van der Waals surface area contributed by atoms with Crippen molar-refractivity contribution in [2.75, 3.05) is 43.2 Å². The zero-order valence-corrected chi connectivity index (χ0v) is 20.4. The van der Waals surface area contributed by atoms with Crippen molar-refractivity contribution in [2.45, 2.75) is 26.4 Å². The van der Waals surface area contributed by atoms with Crippen molar-refractivity contribution in [2.24, 2.45) is 5.73 Å². The molecule has 9 nitrogen and oxygen atoms in total. The predicted molar refractivity (Wildman–Crippen MR) is 136 cm³/mol. The fourth-order valence-electron chi connectivity index (χ4n) is 2.91. The van der Waals surface area contributed by atoms with Crippen molar-refractivity contribution >= 4 is 47.4 Å². The van der Waals surface area contributed by atoms with Crippen LogP contribution >= 0.6 is 12.2 Å². The number of aldehydes is 1. The zero-order valence-electron chi connectivity index (χ0n) is 19.6. The van der Waals surface area contributed by atoms with Gasteiger partial charge in [-0.15, -0.1) is 0 Å². The second kappa shape index (κ2) is 15.5. The number of hydrogen-bond donors (Lipinski definition) is 3. The number of nitrogens with zero attached hydrogens (tertiary/aromatic N) is 2. The van der Waals surface area contributed by atoms with Crippen LogP contribution in [0.2, 0.25) is 0 Å². The molecule has 0 bridgehead atoms. The maximum absolute atomic E-state index is 14.5. The Balaban J connectivity index is 0.000000546. The number of nitrogens with two attached hydrogens (primary N) is 1. The third-order valence-electron chi connectivity index (χ3n) is 4.60. The first-order valence-corrected chi connectivity index (χ1v) is 11.1. The van der Waals surface area contributed by atoms with E-state index >= 15 is 0 Å². The van der Waals surface area contributed by atoms with Crippen molar-refractivity contribution in [3.63, 3.8) is 0 Å². The van der Waals surface area contributed by atoms with Gasteiger partial charge in [0.1, 0.15) is 18.2 Å². The number of thiocarbonyl (C=S) groups is 1. The molecule has 1 amide bonds. The standard InChI is InChI=1S/C15H20FN5O3S.C8H12O/c1-23-8-11-7-21(15(22)24-11)10-2-3-13(12(16)6-10)20(9-17)5-4-19-14(18)25;1-3-5-6-8(4-2)7-9/h2-3,6,9,11,17H,4-5,7-8H2,1H3,(H3,18,19,25);4-7H,3H2,1-2H3/b;6-5-,8-4+. The molecule has 1 heterocycles. The Hall–Kier alpha value is -3.31. The lowest BCUT2D eigenvalue weighted by atomic mass is 10.2. The number of carbonyl (C=O) groups is 2. The van der Waals surface area contributed by atoms with Crippen LogP contribution in [0.4, 0.5) is 20.6 Å². The fraction of sp³-hybridized carbons (Fsp3) is 0.391. The molecule has 0 aromatic heterocycles. The van der Waals surface area contributed by atoms with Crippen LogP contribution < -0.4 is 20.9 Å². The van der Waals surface area contributed by atoms with E-state index in [4.69, 9.17) is 32.8 Å². The van der Waals surface area contributed by atoms with Gasteiger partial charge >= 0.3 is 6.09 Å². The van der Waals surface area contributed by atoms with Gasteiger partial charge in [-0.3, -0.25) is 15.1 Å². The molecule has 186 valence electrons. The van der Waals surface area contributed by atoms with Crippen molar-refractivity contribution in [3.05, 3.63) is 47.8 Å². The number of ether oxygens (including phenoxy) is 2. The van der Waals surface area contributed by atoms with E-state index in [1.165, 1.54) is 29.0 Å². The van der Waals surface area contributed by atoms with Crippen molar-refractivity contribution < 1.29 is 23.5 Å². The number of rotatable bonds is 11. The molecule has 1 unspecified atom stereocenters. The second-order valence-corrected chi connectivity index (χ2v) is 7.48. The maximum atomic E-state index is 14.5. The quantitative estimate of drug-likeness (QED) is 0.107. The fourth-order valence-corrected chi connectivity index (χ4v) is 3.02. The Morgan fingerprint density at radius 2 is 2.24 bits per heavy atom. The predicted octanol–water partition coefficient (Wildman–Crippen LogP) is 3.14. The molecule has 0 radical (unpaired) electrons. The van der Waals surface area contributed by atoms with Crippen molar-refractivity contribution in [3.8, 4) is 0 Å². The summed E-state index contributed by atoms with van der Waals surface area (Å²) in [5.74, 6) is -0.556. The summed E-state index contributed by atoms with van der Waals surface area (Å²) in [6.45, 7) is 5.12. The summed E-state index contributed by atoms with van der Waals surface area (Å²) in [6.07, 6.45) is 7.49. The van der Waals surface area contributed by atoms with Gasteiger partial charge in [-0.2, -0.15) is 0 Å². The van der Waals surface area contributed by atoms with Gasteiger partial charge in [0, 0.05) is 25.8 Å². The van der Waals surface area contributed by atoms with Gasteiger partial charge < -0.3 is 25.4 Å². The van der Waals surface area contributed by atoms with Gasteiger partial charge in [0.2, 0.25) is 0 Å². The second-order valence-electron chi connectivity index (χ2n) is 7.04.